The third-order valence-corrected chi connectivity index (χ3v) is 5.52. The summed E-state index contributed by atoms with van der Waals surface area (Å²) in [5, 5.41) is 18.0. The highest BCUT2D eigenvalue weighted by molar-refractivity contribution is 7.89. The van der Waals surface area contributed by atoms with E-state index in [4.69, 9.17) is 5.26 Å². The molecule has 1 aromatic carbocycles. The summed E-state index contributed by atoms with van der Waals surface area (Å²) in [5.41, 5.74) is -0.139. The van der Waals surface area contributed by atoms with Crippen molar-refractivity contribution in [1.82, 2.24) is 4.72 Å². The molecule has 0 amide bonds. The molecule has 0 atom stereocenters. The molecule has 1 aromatic rings. The zero-order valence-electron chi connectivity index (χ0n) is 11.6. The summed E-state index contributed by atoms with van der Waals surface area (Å²) in [5.74, 6) is -0.965. The van der Waals surface area contributed by atoms with E-state index >= 15 is 0 Å². The van der Waals surface area contributed by atoms with Gasteiger partial charge in [0, 0.05) is 6.54 Å². The summed E-state index contributed by atoms with van der Waals surface area (Å²) in [6.07, 6.45) is 1.76. The molecule has 2 N–H and O–H groups in total. The molecular weight excluding hydrogens is 292 g/mol. The number of rotatable bonds is 5. The maximum Gasteiger partial charge on any atom is 0.310 e. The number of carboxylic acids is 1. The van der Waals surface area contributed by atoms with E-state index in [2.05, 4.69) is 4.72 Å². The first-order valence-corrected chi connectivity index (χ1v) is 8.03. The maximum absolute atomic E-state index is 12.3. The molecule has 6 nitrogen and oxygen atoms in total. The van der Waals surface area contributed by atoms with Gasteiger partial charge in [-0.2, -0.15) is 5.26 Å². The molecule has 0 radical (unpaired) electrons. The SMILES string of the molecule is Cc1cc(C#N)ccc1S(=O)(=O)NCC1(C(=O)O)CCC1. The number of nitrogens with one attached hydrogen (secondary N) is 1. The first kappa shape index (κ1) is 15.5. The number of carbonyl (C=O) groups is 1. The van der Waals surface area contributed by atoms with E-state index in [1.807, 2.05) is 6.07 Å². The molecule has 1 aliphatic carbocycles. The second-order valence-corrected chi connectivity index (χ2v) is 7.09. The van der Waals surface area contributed by atoms with Crippen LogP contribution in [0.15, 0.2) is 23.1 Å². The van der Waals surface area contributed by atoms with Gasteiger partial charge in [0.1, 0.15) is 0 Å². The molecule has 2 rings (SSSR count). The van der Waals surface area contributed by atoms with E-state index < -0.39 is 21.4 Å². The van der Waals surface area contributed by atoms with Gasteiger partial charge in [0.2, 0.25) is 10.0 Å². The summed E-state index contributed by atoms with van der Waals surface area (Å²) >= 11 is 0. The Kier molecular flexibility index (Phi) is 4.03. The molecule has 7 heteroatoms. The lowest BCUT2D eigenvalue weighted by Crippen LogP contribution is -2.47. The number of hydrogen-bond donors (Lipinski definition) is 2. The minimum atomic E-state index is -3.78. The molecule has 0 heterocycles. The van der Waals surface area contributed by atoms with E-state index in [-0.39, 0.29) is 11.4 Å². The van der Waals surface area contributed by atoms with Crippen LogP contribution in [0.3, 0.4) is 0 Å². The Hall–Kier alpha value is -1.91. The number of hydrogen-bond acceptors (Lipinski definition) is 4. The van der Waals surface area contributed by atoms with E-state index in [9.17, 15) is 18.3 Å². The predicted octanol–water partition coefficient (Wildman–Crippen LogP) is 1.40. The zero-order valence-corrected chi connectivity index (χ0v) is 12.4. The van der Waals surface area contributed by atoms with Crippen LogP contribution in [0.25, 0.3) is 0 Å². The van der Waals surface area contributed by atoms with Crippen LogP contribution < -0.4 is 4.72 Å². The third-order valence-electron chi connectivity index (χ3n) is 3.96. The van der Waals surface area contributed by atoms with Gasteiger partial charge >= 0.3 is 5.97 Å². The number of benzene rings is 1. The molecule has 0 spiro atoms. The van der Waals surface area contributed by atoms with E-state index in [1.54, 1.807) is 6.92 Å². The van der Waals surface area contributed by atoms with Gasteiger partial charge in [-0.25, -0.2) is 13.1 Å². The molecule has 21 heavy (non-hydrogen) atoms. The van der Waals surface area contributed by atoms with Gasteiger partial charge in [-0.15, -0.1) is 0 Å². The monoisotopic (exact) mass is 308 g/mol. The van der Waals surface area contributed by atoms with Crippen LogP contribution in [0.2, 0.25) is 0 Å². The van der Waals surface area contributed by atoms with E-state index in [0.717, 1.165) is 6.42 Å². The Morgan fingerprint density at radius 1 is 1.48 bits per heavy atom. The Bertz CT molecular complexity index is 715. The minimum Gasteiger partial charge on any atom is -0.481 e. The quantitative estimate of drug-likeness (QED) is 0.855. The van der Waals surface area contributed by atoms with Gasteiger partial charge in [0.15, 0.2) is 0 Å². The van der Waals surface area contributed by atoms with E-state index in [1.165, 1.54) is 18.2 Å². The summed E-state index contributed by atoms with van der Waals surface area (Å²) in [6.45, 7) is 1.50. The molecule has 0 unspecified atom stereocenters. The number of sulfonamides is 1. The smallest absolute Gasteiger partial charge is 0.310 e. The largest absolute Gasteiger partial charge is 0.481 e. The standard InChI is InChI=1S/C14H16N2O4S/c1-10-7-11(8-15)3-4-12(10)21(19,20)16-9-14(13(17)18)5-2-6-14/h3-4,7,16H,2,5-6,9H2,1H3,(H,17,18). The van der Waals surface area contributed by atoms with Crippen molar-refractivity contribution in [3.63, 3.8) is 0 Å². The highest BCUT2D eigenvalue weighted by Gasteiger charge is 2.45. The summed E-state index contributed by atoms with van der Waals surface area (Å²) < 4.78 is 26.9. The van der Waals surface area contributed by atoms with Crippen molar-refractivity contribution in [3.05, 3.63) is 29.3 Å². The van der Waals surface area contributed by atoms with Crippen molar-refractivity contribution in [2.24, 2.45) is 5.41 Å². The lowest BCUT2D eigenvalue weighted by Gasteiger charge is -2.37. The number of nitrogens with zero attached hydrogens (tertiary/aromatic N) is 1. The van der Waals surface area contributed by atoms with Gasteiger partial charge in [-0.3, -0.25) is 4.79 Å². The first-order chi connectivity index (χ1) is 9.81. The number of nitriles is 1. The molecule has 112 valence electrons. The number of aryl methyl sites for hydroxylation is 1. The second-order valence-electron chi connectivity index (χ2n) is 5.36. The van der Waals surface area contributed by atoms with Crippen molar-refractivity contribution < 1.29 is 18.3 Å². The minimum absolute atomic E-state index is 0.0707. The molecular formula is C14H16N2O4S. The Morgan fingerprint density at radius 3 is 2.57 bits per heavy atom. The molecule has 1 fully saturated rings. The Morgan fingerprint density at radius 2 is 2.14 bits per heavy atom. The van der Waals surface area contributed by atoms with Crippen LogP contribution in [0, 0.1) is 23.7 Å². The number of carboxylic acid groups (broad SMARTS) is 1. The summed E-state index contributed by atoms with van der Waals surface area (Å²) in [7, 11) is -3.78. The van der Waals surface area contributed by atoms with Crippen LogP contribution in [0.5, 0.6) is 0 Å². The van der Waals surface area contributed by atoms with Crippen LogP contribution in [0.4, 0.5) is 0 Å². The number of aliphatic carboxylic acids is 1. The normalized spacial score (nSPS) is 16.8. The van der Waals surface area contributed by atoms with Crippen molar-refractivity contribution in [2.75, 3.05) is 6.54 Å². The van der Waals surface area contributed by atoms with E-state index in [0.29, 0.717) is 24.0 Å². The average Bonchev–Trinajstić information content (AvgIpc) is 2.36. The van der Waals surface area contributed by atoms with Gasteiger partial charge in [0.25, 0.3) is 0 Å². The Balaban J connectivity index is 2.20. The average molecular weight is 308 g/mol. The second kappa shape index (κ2) is 5.47. The lowest BCUT2D eigenvalue weighted by atomic mass is 9.69. The fourth-order valence-corrected chi connectivity index (χ4v) is 3.75. The fourth-order valence-electron chi connectivity index (χ4n) is 2.40. The first-order valence-electron chi connectivity index (χ1n) is 6.55. The van der Waals surface area contributed by atoms with Crippen LogP contribution in [-0.2, 0) is 14.8 Å². The Labute approximate surface area is 123 Å². The van der Waals surface area contributed by atoms with Crippen molar-refractivity contribution in [2.45, 2.75) is 31.1 Å². The summed E-state index contributed by atoms with van der Waals surface area (Å²) in [6, 6.07) is 6.23. The van der Waals surface area contributed by atoms with Crippen molar-refractivity contribution >= 4 is 16.0 Å². The maximum atomic E-state index is 12.3. The zero-order chi connectivity index (χ0) is 15.7. The predicted molar refractivity (Wildman–Crippen MR) is 75.0 cm³/mol. The van der Waals surface area contributed by atoms with Gasteiger partial charge in [0.05, 0.1) is 21.9 Å². The highest BCUT2D eigenvalue weighted by atomic mass is 32.2. The van der Waals surface area contributed by atoms with Gasteiger partial charge < -0.3 is 5.11 Å². The topological polar surface area (TPSA) is 107 Å². The summed E-state index contributed by atoms with van der Waals surface area (Å²) in [4.78, 5) is 11.3. The van der Waals surface area contributed by atoms with Crippen LogP contribution >= 0.6 is 0 Å². The van der Waals surface area contributed by atoms with Gasteiger partial charge in [-0.05, 0) is 43.5 Å². The molecule has 0 saturated heterocycles. The highest BCUT2D eigenvalue weighted by Crippen LogP contribution is 2.40. The lowest BCUT2D eigenvalue weighted by molar-refractivity contribution is -0.153. The van der Waals surface area contributed by atoms with Crippen LogP contribution in [0.1, 0.15) is 30.4 Å². The molecule has 1 saturated carbocycles. The molecule has 0 aromatic heterocycles. The molecule has 1 aliphatic rings. The van der Waals surface area contributed by atoms with Crippen LogP contribution in [-0.4, -0.2) is 26.0 Å². The third kappa shape index (κ3) is 2.91. The van der Waals surface area contributed by atoms with Crippen molar-refractivity contribution in [1.29, 1.82) is 5.26 Å². The fraction of sp³-hybridized carbons (Fsp3) is 0.429. The molecule has 0 aliphatic heterocycles. The van der Waals surface area contributed by atoms with Gasteiger partial charge in [-0.1, -0.05) is 6.42 Å². The van der Waals surface area contributed by atoms with Crippen molar-refractivity contribution in [3.8, 4) is 6.07 Å². The molecule has 0 bridgehead atoms.